The van der Waals surface area contributed by atoms with E-state index in [1.54, 1.807) is 0 Å². The standard InChI is InChI=1S/C28H55NO4/c1-3-5-7-9-11-13-14-15-16-17-18-20-22-24-26-32-28(31)29-33-27(30)25-23-21-19-12-10-8-6-4-2/h3-26H2,1-2H3,(H,29,31). The summed E-state index contributed by atoms with van der Waals surface area (Å²) >= 11 is 0. The maximum Gasteiger partial charge on any atom is 0.440 e. The third-order valence-electron chi connectivity index (χ3n) is 6.21. The van der Waals surface area contributed by atoms with Crippen LogP contribution in [0.5, 0.6) is 0 Å². The summed E-state index contributed by atoms with van der Waals surface area (Å²) < 4.78 is 5.06. The van der Waals surface area contributed by atoms with Gasteiger partial charge in [0.05, 0.1) is 6.61 Å². The van der Waals surface area contributed by atoms with E-state index in [0.29, 0.717) is 13.0 Å². The number of hydrogen-bond acceptors (Lipinski definition) is 4. The molecule has 5 heteroatoms. The predicted octanol–water partition coefficient (Wildman–Crippen LogP) is 9.18. The van der Waals surface area contributed by atoms with E-state index in [2.05, 4.69) is 19.3 Å². The van der Waals surface area contributed by atoms with Crippen LogP contribution in [0.4, 0.5) is 4.79 Å². The molecule has 5 nitrogen and oxygen atoms in total. The van der Waals surface area contributed by atoms with E-state index in [9.17, 15) is 9.59 Å². The van der Waals surface area contributed by atoms with Gasteiger partial charge in [0.15, 0.2) is 0 Å². The second-order valence-corrected chi connectivity index (χ2v) is 9.53. The zero-order valence-corrected chi connectivity index (χ0v) is 22.1. The van der Waals surface area contributed by atoms with Gasteiger partial charge in [-0.1, -0.05) is 142 Å². The van der Waals surface area contributed by atoms with Gasteiger partial charge in [0.25, 0.3) is 0 Å². The number of hydrogen-bond donors (Lipinski definition) is 1. The van der Waals surface area contributed by atoms with Crippen LogP contribution in [0.2, 0.25) is 0 Å². The highest BCUT2D eigenvalue weighted by Crippen LogP contribution is 2.13. The summed E-state index contributed by atoms with van der Waals surface area (Å²) in [5.74, 6) is -0.394. The smallest absolute Gasteiger partial charge is 0.440 e. The number of amides is 1. The maximum atomic E-state index is 11.6. The fraction of sp³-hybridized carbons (Fsp3) is 0.929. The monoisotopic (exact) mass is 469 g/mol. The molecular formula is C28H55NO4. The van der Waals surface area contributed by atoms with Gasteiger partial charge < -0.3 is 9.57 Å². The Kier molecular flexibility index (Phi) is 26.0. The molecule has 1 amide bonds. The van der Waals surface area contributed by atoms with E-state index >= 15 is 0 Å². The Bertz CT molecular complexity index is 428. The van der Waals surface area contributed by atoms with Crippen molar-refractivity contribution in [1.29, 1.82) is 0 Å². The number of unbranched alkanes of at least 4 members (excludes halogenated alkanes) is 20. The lowest BCUT2D eigenvalue weighted by atomic mass is 10.0. The van der Waals surface area contributed by atoms with E-state index in [-0.39, 0.29) is 0 Å². The van der Waals surface area contributed by atoms with Crippen LogP contribution in [0.1, 0.15) is 162 Å². The summed E-state index contributed by atoms with van der Waals surface area (Å²) in [5, 5.41) is 0. The number of nitrogens with one attached hydrogen (secondary N) is 1. The molecule has 0 bridgehead atoms. The summed E-state index contributed by atoms with van der Waals surface area (Å²) in [6.45, 7) is 4.86. The molecule has 0 heterocycles. The Morgan fingerprint density at radius 2 is 0.879 bits per heavy atom. The molecule has 0 spiro atoms. The lowest BCUT2D eigenvalue weighted by molar-refractivity contribution is -0.149. The van der Waals surface area contributed by atoms with Crippen molar-refractivity contribution in [2.45, 2.75) is 162 Å². The van der Waals surface area contributed by atoms with Crippen LogP contribution in [-0.4, -0.2) is 18.7 Å². The molecule has 33 heavy (non-hydrogen) atoms. The number of rotatable bonds is 24. The molecule has 196 valence electrons. The van der Waals surface area contributed by atoms with Crippen molar-refractivity contribution in [3.05, 3.63) is 0 Å². The second kappa shape index (κ2) is 27.0. The molecule has 0 saturated carbocycles. The van der Waals surface area contributed by atoms with Crippen LogP contribution >= 0.6 is 0 Å². The molecule has 0 radical (unpaired) electrons. The fourth-order valence-corrected chi connectivity index (χ4v) is 4.04. The summed E-state index contributed by atoms with van der Waals surface area (Å²) in [6, 6.07) is 0. The number of ether oxygens (including phenoxy) is 1. The lowest BCUT2D eigenvalue weighted by Crippen LogP contribution is -2.28. The van der Waals surface area contributed by atoms with Crippen molar-refractivity contribution in [3.63, 3.8) is 0 Å². The summed E-state index contributed by atoms with van der Waals surface area (Å²) in [4.78, 5) is 28.0. The second-order valence-electron chi connectivity index (χ2n) is 9.53. The van der Waals surface area contributed by atoms with E-state index in [4.69, 9.17) is 9.57 Å². The molecule has 0 aliphatic heterocycles. The molecule has 0 saturated heterocycles. The SMILES string of the molecule is CCCCCCCCCCCCCCCCOC(=O)NOC(=O)CCCCCCCCCC. The third kappa shape index (κ3) is 26.9. The molecular weight excluding hydrogens is 414 g/mol. The number of hydroxylamine groups is 1. The van der Waals surface area contributed by atoms with Crippen molar-refractivity contribution in [2.24, 2.45) is 0 Å². The highest BCUT2D eigenvalue weighted by Gasteiger charge is 2.07. The van der Waals surface area contributed by atoms with Crippen LogP contribution in [0, 0.1) is 0 Å². The largest absolute Gasteiger partial charge is 0.447 e. The van der Waals surface area contributed by atoms with Gasteiger partial charge in [-0.25, -0.2) is 9.59 Å². The Hall–Kier alpha value is -1.26. The Balaban J connectivity index is 3.27. The van der Waals surface area contributed by atoms with Crippen LogP contribution in [-0.2, 0) is 14.4 Å². The van der Waals surface area contributed by atoms with Crippen molar-refractivity contribution in [2.75, 3.05) is 6.61 Å². The van der Waals surface area contributed by atoms with Crippen molar-refractivity contribution in [1.82, 2.24) is 5.48 Å². The average molecular weight is 470 g/mol. The lowest BCUT2D eigenvalue weighted by Gasteiger charge is -2.07. The third-order valence-corrected chi connectivity index (χ3v) is 6.21. The Labute approximate surface area is 205 Å². The van der Waals surface area contributed by atoms with E-state index in [1.165, 1.54) is 109 Å². The minimum Gasteiger partial charge on any atom is -0.447 e. The number of carbonyl (C=O) groups excluding carboxylic acids is 2. The first-order valence-electron chi connectivity index (χ1n) is 14.3. The van der Waals surface area contributed by atoms with E-state index < -0.39 is 12.1 Å². The Morgan fingerprint density at radius 1 is 0.515 bits per heavy atom. The molecule has 0 rings (SSSR count). The zero-order valence-electron chi connectivity index (χ0n) is 22.1. The quantitative estimate of drug-likeness (QED) is 0.113. The minimum absolute atomic E-state index is 0.341. The van der Waals surface area contributed by atoms with E-state index in [0.717, 1.165) is 32.1 Å². The van der Waals surface area contributed by atoms with Gasteiger partial charge in [-0.15, -0.1) is 5.48 Å². The molecule has 0 unspecified atom stereocenters. The normalized spacial score (nSPS) is 10.8. The molecule has 0 atom stereocenters. The van der Waals surface area contributed by atoms with Gasteiger partial charge in [0, 0.05) is 6.42 Å². The number of carbonyl (C=O) groups is 2. The van der Waals surface area contributed by atoms with Crippen LogP contribution in [0.15, 0.2) is 0 Å². The Morgan fingerprint density at radius 3 is 1.30 bits per heavy atom. The van der Waals surface area contributed by atoms with E-state index in [1.807, 2.05) is 0 Å². The molecule has 0 fully saturated rings. The first-order chi connectivity index (χ1) is 16.2. The van der Waals surface area contributed by atoms with Crippen LogP contribution in [0.25, 0.3) is 0 Å². The maximum absolute atomic E-state index is 11.6. The first-order valence-corrected chi connectivity index (χ1v) is 14.3. The highest BCUT2D eigenvalue weighted by molar-refractivity contribution is 5.73. The summed E-state index contributed by atoms with van der Waals surface area (Å²) in [6.07, 6.45) is 27.2. The van der Waals surface area contributed by atoms with Gasteiger partial charge in [-0.05, 0) is 12.8 Å². The van der Waals surface area contributed by atoms with Gasteiger partial charge in [0.1, 0.15) is 0 Å². The molecule has 0 aliphatic carbocycles. The van der Waals surface area contributed by atoms with Gasteiger partial charge >= 0.3 is 12.1 Å². The molecule has 0 aromatic heterocycles. The molecule has 1 N–H and O–H groups in total. The van der Waals surface area contributed by atoms with Crippen molar-refractivity contribution in [3.8, 4) is 0 Å². The first kappa shape index (κ1) is 31.7. The summed E-state index contributed by atoms with van der Waals surface area (Å²) in [5.41, 5.74) is 2.10. The van der Waals surface area contributed by atoms with Crippen molar-refractivity contribution >= 4 is 12.1 Å². The van der Waals surface area contributed by atoms with Crippen LogP contribution in [0.3, 0.4) is 0 Å². The topological polar surface area (TPSA) is 64.6 Å². The average Bonchev–Trinajstić information content (AvgIpc) is 2.82. The minimum atomic E-state index is -0.672. The summed E-state index contributed by atoms with van der Waals surface area (Å²) in [7, 11) is 0. The zero-order chi connectivity index (χ0) is 24.2. The molecule has 0 aromatic rings. The van der Waals surface area contributed by atoms with Crippen molar-refractivity contribution < 1.29 is 19.2 Å². The van der Waals surface area contributed by atoms with Gasteiger partial charge in [-0.2, -0.15) is 0 Å². The highest BCUT2D eigenvalue weighted by atomic mass is 16.7. The predicted molar refractivity (Wildman–Crippen MR) is 138 cm³/mol. The molecule has 0 aliphatic rings. The van der Waals surface area contributed by atoms with Gasteiger partial charge in [0.2, 0.25) is 0 Å². The van der Waals surface area contributed by atoms with Gasteiger partial charge in [-0.3, -0.25) is 0 Å². The fourth-order valence-electron chi connectivity index (χ4n) is 4.04. The molecule has 0 aromatic carbocycles. The van der Waals surface area contributed by atoms with Crippen LogP contribution < -0.4 is 5.48 Å².